The maximum Gasteiger partial charge on any atom is 0.259 e. The first-order chi connectivity index (χ1) is 20.4. The minimum Gasteiger partial charge on any atom is -0.454 e. The Bertz CT molecular complexity index is 1640. The summed E-state index contributed by atoms with van der Waals surface area (Å²) in [5.74, 6) is 0.908. The predicted octanol–water partition coefficient (Wildman–Crippen LogP) is 4.54. The molecule has 2 atom stereocenters. The van der Waals surface area contributed by atoms with Crippen LogP contribution in [-0.4, -0.2) is 51.7 Å². The molecule has 0 fully saturated rings. The Kier molecular flexibility index (Phi) is 7.66. The second kappa shape index (κ2) is 11.7. The molecule has 0 radical (unpaired) electrons. The van der Waals surface area contributed by atoms with E-state index in [1.54, 1.807) is 6.07 Å². The van der Waals surface area contributed by atoms with Crippen LogP contribution in [0.2, 0.25) is 0 Å². The van der Waals surface area contributed by atoms with E-state index in [0.717, 1.165) is 11.1 Å². The van der Waals surface area contributed by atoms with Gasteiger partial charge in [-0.2, -0.15) is 0 Å². The first-order valence-electron chi connectivity index (χ1n) is 13.7. The molecule has 0 aromatic heterocycles. The van der Waals surface area contributed by atoms with Gasteiger partial charge in [0.25, 0.3) is 5.91 Å². The van der Waals surface area contributed by atoms with Crippen molar-refractivity contribution in [3.05, 3.63) is 83.4 Å². The van der Waals surface area contributed by atoms with Crippen molar-refractivity contribution in [3.8, 4) is 11.5 Å². The second-order valence-corrected chi connectivity index (χ2v) is 11.3. The maximum atomic E-state index is 13.7. The lowest BCUT2D eigenvalue weighted by atomic mass is 10.1. The fourth-order valence-corrected chi connectivity index (χ4v) is 5.93. The van der Waals surface area contributed by atoms with E-state index >= 15 is 0 Å². The summed E-state index contributed by atoms with van der Waals surface area (Å²) in [5, 5.41) is 5.70. The quantitative estimate of drug-likeness (QED) is 0.402. The lowest BCUT2D eigenvalue weighted by molar-refractivity contribution is -0.128. The Morgan fingerprint density at radius 1 is 1.07 bits per heavy atom. The zero-order valence-electron chi connectivity index (χ0n) is 23.1. The molecule has 2 N–H and O–H groups in total. The summed E-state index contributed by atoms with van der Waals surface area (Å²) in [6.45, 7) is 4.33. The minimum atomic E-state index is -0.907. The van der Waals surface area contributed by atoms with E-state index in [0.29, 0.717) is 45.9 Å². The van der Waals surface area contributed by atoms with Gasteiger partial charge in [-0.15, -0.1) is 0 Å². The number of carbonyl (C=O) groups excluding carboxylic acids is 3. The van der Waals surface area contributed by atoms with Crippen molar-refractivity contribution < 1.29 is 23.9 Å². The normalized spacial score (nSPS) is 17.1. The van der Waals surface area contributed by atoms with Crippen LogP contribution in [0.1, 0.15) is 36.5 Å². The highest BCUT2D eigenvalue weighted by atomic mass is 32.2. The number of amides is 3. The third-order valence-corrected chi connectivity index (χ3v) is 8.37. The fraction of sp³-hybridized carbons (Fsp3) is 0.258. The Morgan fingerprint density at radius 3 is 2.74 bits per heavy atom. The van der Waals surface area contributed by atoms with Gasteiger partial charge in [0.15, 0.2) is 16.7 Å². The number of fused-ring (bicyclic) bond motifs is 4. The zero-order chi connectivity index (χ0) is 29.2. The standard InChI is InChI=1S/C31H29N5O5S/c1-3-26(29(38)33-20-8-6-7-18(2)13-20)42-31-35-22-10-5-4-9-21(22)28-34-23(30(39)36(28)31)15-27(37)32-16-19-11-12-24-25(14-19)41-17-40-24/h4-14,23,26H,3,15-17H2,1-2H3,(H,32,37)(H,33,38)/t23-,26+/m0/s1. The Labute approximate surface area is 247 Å². The van der Waals surface area contributed by atoms with Gasteiger partial charge in [-0.3, -0.25) is 19.4 Å². The summed E-state index contributed by atoms with van der Waals surface area (Å²) in [7, 11) is 0. The van der Waals surface area contributed by atoms with Crippen molar-refractivity contribution in [2.45, 2.75) is 44.5 Å². The highest BCUT2D eigenvalue weighted by Crippen LogP contribution is 2.36. The van der Waals surface area contributed by atoms with E-state index in [4.69, 9.17) is 14.5 Å². The molecule has 214 valence electrons. The van der Waals surface area contributed by atoms with Gasteiger partial charge in [-0.05, 0) is 60.9 Å². The van der Waals surface area contributed by atoms with Crippen molar-refractivity contribution in [1.82, 2.24) is 10.2 Å². The molecule has 42 heavy (non-hydrogen) atoms. The number of aliphatic imine (C=N–C) groups is 2. The Hall–Kier alpha value is -4.64. The molecule has 3 heterocycles. The average molecular weight is 584 g/mol. The monoisotopic (exact) mass is 583 g/mol. The smallest absolute Gasteiger partial charge is 0.259 e. The van der Waals surface area contributed by atoms with Gasteiger partial charge in [-0.25, -0.2) is 9.89 Å². The molecule has 0 unspecified atom stereocenters. The number of rotatable bonds is 8. The summed E-state index contributed by atoms with van der Waals surface area (Å²) in [6.07, 6.45) is 0.401. The molecule has 3 aliphatic rings. The van der Waals surface area contributed by atoms with Crippen molar-refractivity contribution in [2.75, 3.05) is 12.1 Å². The molecule has 6 rings (SSSR count). The average Bonchev–Trinajstić information content (AvgIpc) is 3.59. The Balaban J connectivity index is 1.17. The van der Waals surface area contributed by atoms with E-state index in [1.807, 2.05) is 74.5 Å². The zero-order valence-corrected chi connectivity index (χ0v) is 23.9. The van der Waals surface area contributed by atoms with Gasteiger partial charge in [-0.1, -0.05) is 49.0 Å². The van der Waals surface area contributed by atoms with E-state index < -0.39 is 11.3 Å². The molecule has 0 aliphatic carbocycles. The van der Waals surface area contributed by atoms with Crippen LogP contribution in [0, 0.1) is 6.92 Å². The Morgan fingerprint density at radius 2 is 1.90 bits per heavy atom. The van der Waals surface area contributed by atoms with Gasteiger partial charge >= 0.3 is 0 Å². The molecular weight excluding hydrogens is 554 g/mol. The van der Waals surface area contributed by atoms with Gasteiger partial charge in [0.2, 0.25) is 18.6 Å². The number of aryl methyl sites for hydroxylation is 1. The van der Waals surface area contributed by atoms with E-state index in [1.165, 1.54) is 16.7 Å². The third kappa shape index (κ3) is 5.60. The predicted molar refractivity (Wildman–Crippen MR) is 161 cm³/mol. The molecular formula is C31H29N5O5S. The minimum absolute atomic E-state index is 0.117. The number of anilines is 1. The van der Waals surface area contributed by atoms with Gasteiger partial charge in [0, 0.05) is 17.8 Å². The lowest BCUT2D eigenvalue weighted by Gasteiger charge is -2.27. The van der Waals surface area contributed by atoms with Crippen LogP contribution in [0.15, 0.2) is 76.7 Å². The SMILES string of the molecule is CC[C@@H](SC1=Nc2ccccc2C2=N[C@@H](CC(=O)NCc3ccc4c(c3)OCO4)C(=O)N12)C(=O)Nc1cccc(C)c1. The van der Waals surface area contributed by atoms with E-state index in [2.05, 4.69) is 15.6 Å². The van der Waals surface area contributed by atoms with E-state index in [9.17, 15) is 14.4 Å². The molecule has 0 spiro atoms. The van der Waals surface area contributed by atoms with Crippen LogP contribution >= 0.6 is 11.8 Å². The van der Waals surface area contributed by atoms with Crippen LogP contribution in [0.25, 0.3) is 0 Å². The molecule has 3 aromatic rings. The van der Waals surface area contributed by atoms with Crippen molar-refractivity contribution in [1.29, 1.82) is 0 Å². The molecule has 11 heteroatoms. The number of thioether (sulfide) groups is 1. The molecule has 0 saturated carbocycles. The summed E-state index contributed by atoms with van der Waals surface area (Å²) < 4.78 is 10.7. The number of hydrogen-bond donors (Lipinski definition) is 2. The first kappa shape index (κ1) is 27.5. The van der Waals surface area contributed by atoms with Gasteiger partial charge in [0.05, 0.1) is 17.4 Å². The number of para-hydroxylation sites is 1. The van der Waals surface area contributed by atoms with Crippen LogP contribution in [-0.2, 0) is 20.9 Å². The number of hydrogen-bond acceptors (Lipinski definition) is 8. The highest BCUT2D eigenvalue weighted by molar-refractivity contribution is 8.15. The van der Waals surface area contributed by atoms with Gasteiger partial charge < -0.3 is 20.1 Å². The molecule has 3 amide bonds. The summed E-state index contributed by atoms with van der Waals surface area (Å²) >= 11 is 1.22. The van der Waals surface area contributed by atoms with E-state index in [-0.39, 0.29) is 37.5 Å². The number of nitrogens with one attached hydrogen (secondary N) is 2. The largest absolute Gasteiger partial charge is 0.454 e. The number of benzene rings is 3. The van der Waals surface area contributed by atoms with Crippen molar-refractivity contribution >= 4 is 51.9 Å². The summed E-state index contributed by atoms with van der Waals surface area (Å²) in [5.41, 5.74) is 3.96. The fourth-order valence-electron chi connectivity index (χ4n) is 4.91. The second-order valence-electron chi connectivity index (χ2n) is 10.1. The van der Waals surface area contributed by atoms with Crippen molar-refractivity contribution in [2.24, 2.45) is 9.98 Å². The molecule has 10 nitrogen and oxygen atoms in total. The number of ether oxygens (including phenoxy) is 2. The lowest BCUT2D eigenvalue weighted by Crippen LogP contribution is -2.43. The number of nitrogens with zero attached hydrogens (tertiary/aromatic N) is 3. The first-order valence-corrected chi connectivity index (χ1v) is 14.6. The van der Waals surface area contributed by atoms with Crippen LogP contribution < -0.4 is 20.1 Å². The summed E-state index contributed by atoms with van der Waals surface area (Å²) in [6, 6.07) is 19.6. The van der Waals surface area contributed by atoms with Crippen LogP contribution in [0.4, 0.5) is 11.4 Å². The third-order valence-electron chi connectivity index (χ3n) is 7.05. The number of amidine groups is 2. The molecule has 3 aromatic carbocycles. The van der Waals surface area contributed by atoms with Crippen LogP contribution in [0.3, 0.4) is 0 Å². The summed E-state index contributed by atoms with van der Waals surface area (Å²) in [4.78, 5) is 50.7. The molecule has 0 saturated heterocycles. The molecule has 3 aliphatic heterocycles. The number of carbonyl (C=O) groups is 3. The van der Waals surface area contributed by atoms with Crippen molar-refractivity contribution in [3.63, 3.8) is 0 Å². The van der Waals surface area contributed by atoms with Gasteiger partial charge in [0.1, 0.15) is 11.9 Å². The highest BCUT2D eigenvalue weighted by Gasteiger charge is 2.43. The topological polar surface area (TPSA) is 122 Å². The van der Waals surface area contributed by atoms with Crippen LogP contribution in [0.5, 0.6) is 11.5 Å². The maximum absolute atomic E-state index is 13.7. The molecule has 0 bridgehead atoms.